The van der Waals surface area contributed by atoms with E-state index >= 15 is 0 Å². The number of hydrogen-bond donors (Lipinski definition) is 2. The van der Waals surface area contributed by atoms with Crippen LogP contribution < -0.4 is 20.5 Å². The molecule has 1 aliphatic heterocycles. The van der Waals surface area contributed by atoms with Gasteiger partial charge in [0.2, 0.25) is 0 Å². The number of carbonyl (C=O) groups is 1. The number of alkyl halides is 3. The average Bonchev–Trinajstić information content (AvgIpc) is 2.80. The topological polar surface area (TPSA) is 98.9 Å². The van der Waals surface area contributed by atoms with Crippen molar-refractivity contribution in [1.29, 1.82) is 0 Å². The van der Waals surface area contributed by atoms with Gasteiger partial charge in [0.15, 0.2) is 6.61 Å². The summed E-state index contributed by atoms with van der Waals surface area (Å²) < 4.78 is 55.1. The number of aromatic amines is 1. The van der Waals surface area contributed by atoms with E-state index in [1.165, 1.54) is 31.5 Å². The van der Waals surface area contributed by atoms with E-state index in [1.54, 1.807) is 20.8 Å². The van der Waals surface area contributed by atoms with Crippen LogP contribution in [0.1, 0.15) is 51.5 Å². The summed E-state index contributed by atoms with van der Waals surface area (Å²) >= 11 is 6.20. The average molecular weight is 547 g/mol. The zero-order valence-electron chi connectivity index (χ0n) is 21.0. The molecule has 1 aromatic carbocycles. The Balaban J connectivity index is 2.23. The van der Waals surface area contributed by atoms with Crippen LogP contribution in [0.5, 0.6) is 11.5 Å². The van der Waals surface area contributed by atoms with Crippen molar-refractivity contribution < 1.29 is 37.0 Å². The molecule has 0 spiro atoms. The second kappa shape index (κ2) is 11.7. The number of carbonyl (C=O) groups excluding carboxylic acids is 1. The van der Waals surface area contributed by atoms with E-state index in [1.807, 2.05) is 0 Å². The number of hydrogen-bond acceptors (Lipinski definition) is 7. The van der Waals surface area contributed by atoms with E-state index in [4.69, 9.17) is 30.6 Å². The number of aromatic nitrogens is 1. The summed E-state index contributed by atoms with van der Waals surface area (Å²) in [4.78, 5) is 35.0. The zero-order chi connectivity index (χ0) is 27.4. The highest BCUT2D eigenvalue weighted by atomic mass is 35.5. The Bertz CT molecular complexity index is 1160. The zero-order valence-corrected chi connectivity index (χ0v) is 21.7. The van der Waals surface area contributed by atoms with Crippen molar-refractivity contribution >= 4 is 17.6 Å². The predicted octanol–water partition coefficient (Wildman–Crippen LogP) is 5.14. The Morgan fingerprint density at radius 1 is 1.24 bits per heavy atom. The summed E-state index contributed by atoms with van der Waals surface area (Å²) in [5.41, 5.74) is 1.37. The maximum Gasteiger partial charge on any atom is 0.422 e. The van der Waals surface area contributed by atoms with Gasteiger partial charge in [-0.25, -0.2) is 5.48 Å². The molecule has 1 saturated heterocycles. The Hall–Kier alpha value is -2.76. The molecule has 8 nitrogen and oxygen atoms in total. The number of rotatable bonds is 8. The van der Waals surface area contributed by atoms with Gasteiger partial charge in [-0.1, -0.05) is 11.6 Å². The summed E-state index contributed by atoms with van der Waals surface area (Å²) in [6.45, 7) is 4.15. The molecular formula is C25H30ClF3N2O6. The molecule has 0 saturated carbocycles. The monoisotopic (exact) mass is 546 g/mol. The highest BCUT2D eigenvalue weighted by Crippen LogP contribution is 2.43. The van der Waals surface area contributed by atoms with Gasteiger partial charge >= 0.3 is 12.1 Å². The van der Waals surface area contributed by atoms with E-state index < -0.39 is 41.9 Å². The number of ether oxygens (including phenoxy) is 3. The van der Waals surface area contributed by atoms with Crippen molar-refractivity contribution in [2.24, 2.45) is 0 Å². The van der Waals surface area contributed by atoms with Gasteiger partial charge in [-0.2, -0.15) is 13.2 Å². The van der Waals surface area contributed by atoms with E-state index in [2.05, 4.69) is 10.5 Å². The first-order valence-electron chi connectivity index (χ1n) is 11.7. The minimum Gasteiger partial charge on any atom is -0.495 e. The summed E-state index contributed by atoms with van der Waals surface area (Å²) in [6.07, 6.45) is -2.28. The molecule has 12 heteroatoms. The van der Waals surface area contributed by atoms with Gasteiger partial charge in [0.25, 0.3) is 5.56 Å². The third kappa shape index (κ3) is 7.86. The fourth-order valence-corrected chi connectivity index (χ4v) is 4.22. The van der Waals surface area contributed by atoms with E-state index in [-0.39, 0.29) is 39.6 Å². The highest BCUT2D eigenvalue weighted by Gasteiger charge is 2.36. The van der Waals surface area contributed by atoms with Crippen LogP contribution in [0.4, 0.5) is 13.2 Å². The Morgan fingerprint density at radius 3 is 2.57 bits per heavy atom. The lowest BCUT2D eigenvalue weighted by Crippen LogP contribution is -2.37. The molecule has 2 heterocycles. The highest BCUT2D eigenvalue weighted by molar-refractivity contribution is 6.31. The van der Waals surface area contributed by atoms with Gasteiger partial charge in [-0.3, -0.25) is 14.4 Å². The maximum atomic E-state index is 13.5. The summed E-state index contributed by atoms with van der Waals surface area (Å²) in [5, 5.41) is 0.177. The fraction of sp³-hybridized carbons (Fsp3) is 0.520. The molecule has 3 rings (SSSR count). The summed E-state index contributed by atoms with van der Waals surface area (Å²) in [5.74, 6) is -1.93. The van der Waals surface area contributed by atoms with Gasteiger partial charge in [0.05, 0.1) is 19.1 Å². The van der Waals surface area contributed by atoms with Gasteiger partial charge in [0.1, 0.15) is 17.1 Å². The van der Waals surface area contributed by atoms with Gasteiger partial charge in [-0.15, -0.1) is 0 Å². The van der Waals surface area contributed by atoms with Crippen LogP contribution >= 0.6 is 11.6 Å². The molecule has 1 aromatic heterocycles. The van der Waals surface area contributed by atoms with Crippen molar-refractivity contribution in [3.8, 4) is 22.6 Å². The molecule has 0 amide bonds. The maximum absolute atomic E-state index is 13.5. The third-order valence-corrected chi connectivity index (χ3v) is 5.75. The molecule has 1 aliphatic rings. The number of pyridine rings is 1. The van der Waals surface area contributed by atoms with Gasteiger partial charge < -0.3 is 19.2 Å². The van der Waals surface area contributed by atoms with Gasteiger partial charge in [0, 0.05) is 34.5 Å². The second-order valence-electron chi connectivity index (χ2n) is 9.62. The van der Waals surface area contributed by atoms with E-state index in [0.717, 1.165) is 6.42 Å². The summed E-state index contributed by atoms with van der Waals surface area (Å²) in [6, 6.07) is 3.99. The molecule has 1 fully saturated rings. The first-order valence-corrected chi connectivity index (χ1v) is 12.1. The first-order chi connectivity index (χ1) is 17.3. The molecule has 2 unspecified atom stereocenters. The van der Waals surface area contributed by atoms with Crippen LogP contribution in [0.2, 0.25) is 5.02 Å². The first kappa shape index (κ1) is 28.8. The molecule has 0 aliphatic carbocycles. The van der Waals surface area contributed by atoms with E-state index in [9.17, 15) is 22.8 Å². The molecule has 0 radical (unpaired) electrons. The van der Waals surface area contributed by atoms with Crippen molar-refractivity contribution in [3.63, 3.8) is 0 Å². The molecule has 0 bridgehead atoms. The number of H-pyrrole nitrogens is 1. The smallest absolute Gasteiger partial charge is 0.422 e. The summed E-state index contributed by atoms with van der Waals surface area (Å²) in [7, 11) is 1.33. The molecular weight excluding hydrogens is 517 g/mol. The Kier molecular flexibility index (Phi) is 9.14. The van der Waals surface area contributed by atoms with Crippen LogP contribution in [-0.4, -0.2) is 49.1 Å². The lowest BCUT2D eigenvalue weighted by molar-refractivity contribution is -0.159. The molecule has 204 valence electrons. The molecule has 2 atom stereocenters. The number of benzene rings is 1. The van der Waals surface area contributed by atoms with Crippen LogP contribution in [0.15, 0.2) is 29.2 Å². The Morgan fingerprint density at radius 2 is 1.97 bits per heavy atom. The molecule has 2 N–H and O–H groups in total. The van der Waals surface area contributed by atoms with Crippen molar-refractivity contribution in [2.75, 3.05) is 20.3 Å². The quantitative estimate of drug-likeness (QED) is 0.442. The largest absolute Gasteiger partial charge is 0.495 e. The van der Waals surface area contributed by atoms with Crippen LogP contribution in [0.3, 0.4) is 0 Å². The van der Waals surface area contributed by atoms with Crippen LogP contribution in [0.25, 0.3) is 11.1 Å². The lowest BCUT2D eigenvalue weighted by atomic mass is 9.86. The number of halogens is 4. The molecule has 37 heavy (non-hydrogen) atoms. The fourth-order valence-electron chi connectivity index (χ4n) is 4.05. The third-order valence-electron chi connectivity index (χ3n) is 5.51. The standard InChI is InChI=1S/C25H30ClF3N2O6/c1-24(2,3)36-23(33)17(11-15-6-5-9-31-37-15)21-20(19(34-4)12-30-22(21)32)16-10-14(26)7-8-18(16)35-13-25(27,28)29/h7-8,10,12,15,17,31H,5-6,9,11,13H2,1-4H3,(H,30,32). The van der Waals surface area contributed by atoms with Crippen LogP contribution in [-0.2, 0) is 14.4 Å². The number of nitrogens with one attached hydrogen (secondary N) is 2. The Labute approximate surface area is 217 Å². The van der Waals surface area contributed by atoms with Crippen molar-refractivity contribution in [2.45, 2.75) is 63.8 Å². The van der Waals surface area contributed by atoms with E-state index in [0.29, 0.717) is 13.0 Å². The minimum absolute atomic E-state index is 0.0538. The number of methoxy groups -OCH3 is 1. The number of esters is 1. The van der Waals surface area contributed by atoms with Crippen molar-refractivity contribution in [1.82, 2.24) is 10.5 Å². The van der Waals surface area contributed by atoms with Crippen LogP contribution in [0, 0.1) is 0 Å². The molecule has 2 aromatic rings. The lowest BCUT2D eigenvalue weighted by Gasteiger charge is -2.29. The SMILES string of the molecule is COc1c[nH]c(=O)c(C(CC2CCCNO2)C(=O)OC(C)(C)C)c1-c1cc(Cl)ccc1OCC(F)(F)F. The number of hydroxylamine groups is 1. The van der Waals surface area contributed by atoms with Gasteiger partial charge in [-0.05, 0) is 58.2 Å². The normalized spacial score (nSPS) is 17.2. The second-order valence-corrected chi connectivity index (χ2v) is 10.1. The van der Waals surface area contributed by atoms with Crippen molar-refractivity contribution in [3.05, 3.63) is 45.3 Å². The predicted molar refractivity (Wildman–Crippen MR) is 131 cm³/mol. The minimum atomic E-state index is -4.61.